The van der Waals surface area contributed by atoms with Gasteiger partial charge in [0.05, 0.1) is 0 Å². The van der Waals surface area contributed by atoms with Crippen LogP contribution in [0.15, 0.2) is 73.1 Å². The summed E-state index contributed by atoms with van der Waals surface area (Å²) in [5, 5.41) is 1.84. The standard InChI is InChI=1S/C24H23N5O2/c1-15(2)16-10-12-18(13-11-16)31-24-21(25)22(26-14-27-24)28-29-23(30)20-9-5-7-17-6-3-4-8-19(17)20/h3-15H,25H2,1-2H3,(H,29,30)(H,26,27,28). The maximum absolute atomic E-state index is 12.7. The molecule has 3 aromatic carbocycles. The molecule has 0 atom stereocenters. The molecule has 1 amide bonds. The number of carbonyl (C=O) groups is 1. The lowest BCUT2D eigenvalue weighted by atomic mass is 10.0. The summed E-state index contributed by atoms with van der Waals surface area (Å²) in [5.41, 5.74) is 13.5. The second-order valence-corrected chi connectivity index (χ2v) is 7.37. The van der Waals surface area contributed by atoms with Crippen LogP contribution in [0.3, 0.4) is 0 Å². The summed E-state index contributed by atoms with van der Waals surface area (Å²) >= 11 is 0. The van der Waals surface area contributed by atoms with Crippen molar-refractivity contribution in [2.75, 3.05) is 11.2 Å². The average molecular weight is 413 g/mol. The van der Waals surface area contributed by atoms with Crippen molar-refractivity contribution in [3.8, 4) is 11.6 Å². The van der Waals surface area contributed by atoms with Crippen molar-refractivity contribution in [1.82, 2.24) is 15.4 Å². The topological polar surface area (TPSA) is 102 Å². The van der Waals surface area contributed by atoms with E-state index in [4.69, 9.17) is 10.5 Å². The van der Waals surface area contributed by atoms with Crippen LogP contribution in [0.4, 0.5) is 11.5 Å². The van der Waals surface area contributed by atoms with Gasteiger partial charge in [-0.3, -0.25) is 15.6 Å². The Morgan fingerprint density at radius 1 is 0.968 bits per heavy atom. The number of aromatic nitrogens is 2. The monoisotopic (exact) mass is 413 g/mol. The minimum Gasteiger partial charge on any atom is -0.437 e. The molecule has 0 fully saturated rings. The highest BCUT2D eigenvalue weighted by Crippen LogP contribution is 2.29. The molecule has 0 saturated carbocycles. The lowest BCUT2D eigenvalue weighted by Crippen LogP contribution is -2.30. The number of fused-ring (bicyclic) bond motifs is 1. The number of anilines is 2. The van der Waals surface area contributed by atoms with Gasteiger partial charge in [0.1, 0.15) is 17.8 Å². The second-order valence-electron chi connectivity index (χ2n) is 7.37. The van der Waals surface area contributed by atoms with Crippen molar-refractivity contribution >= 4 is 28.2 Å². The Bertz CT molecular complexity index is 1220. The Kier molecular flexibility index (Phi) is 5.66. The summed E-state index contributed by atoms with van der Waals surface area (Å²) in [5.74, 6) is 1.19. The number of hydrazine groups is 1. The third-order valence-electron chi connectivity index (χ3n) is 4.94. The molecule has 1 heterocycles. The quantitative estimate of drug-likeness (QED) is 0.389. The van der Waals surface area contributed by atoms with E-state index in [0.717, 1.165) is 10.8 Å². The van der Waals surface area contributed by atoms with Crippen LogP contribution >= 0.6 is 0 Å². The van der Waals surface area contributed by atoms with E-state index >= 15 is 0 Å². The number of amides is 1. The number of ether oxygens (including phenoxy) is 1. The van der Waals surface area contributed by atoms with E-state index in [9.17, 15) is 4.79 Å². The molecule has 0 radical (unpaired) electrons. The molecule has 1 aromatic heterocycles. The van der Waals surface area contributed by atoms with Crippen LogP contribution < -0.4 is 21.3 Å². The summed E-state index contributed by atoms with van der Waals surface area (Å²) in [6.07, 6.45) is 1.32. The third-order valence-corrected chi connectivity index (χ3v) is 4.94. The number of nitrogens with one attached hydrogen (secondary N) is 2. The van der Waals surface area contributed by atoms with Crippen molar-refractivity contribution in [2.45, 2.75) is 19.8 Å². The molecule has 0 saturated heterocycles. The first-order valence-corrected chi connectivity index (χ1v) is 9.95. The molecule has 4 N–H and O–H groups in total. The summed E-state index contributed by atoms with van der Waals surface area (Å²) < 4.78 is 5.80. The fraction of sp³-hybridized carbons (Fsp3) is 0.125. The maximum Gasteiger partial charge on any atom is 0.270 e. The predicted octanol–water partition coefficient (Wildman–Crippen LogP) is 4.88. The normalized spacial score (nSPS) is 10.8. The highest BCUT2D eigenvalue weighted by molar-refractivity contribution is 6.07. The van der Waals surface area contributed by atoms with Crippen LogP contribution in [0.2, 0.25) is 0 Å². The van der Waals surface area contributed by atoms with Gasteiger partial charge in [-0.15, -0.1) is 0 Å². The molecule has 0 aliphatic rings. The van der Waals surface area contributed by atoms with Crippen LogP contribution in [0, 0.1) is 0 Å². The van der Waals surface area contributed by atoms with Crippen LogP contribution in [-0.4, -0.2) is 15.9 Å². The van der Waals surface area contributed by atoms with Crippen molar-refractivity contribution in [3.05, 3.63) is 84.2 Å². The van der Waals surface area contributed by atoms with Crippen LogP contribution in [0.1, 0.15) is 35.7 Å². The Hall–Kier alpha value is -4.13. The molecule has 0 bridgehead atoms. The van der Waals surface area contributed by atoms with Gasteiger partial charge in [-0.05, 0) is 40.5 Å². The summed E-state index contributed by atoms with van der Waals surface area (Å²) in [6.45, 7) is 4.26. The summed E-state index contributed by atoms with van der Waals surface area (Å²) in [7, 11) is 0. The zero-order chi connectivity index (χ0) is 21.8. The van der Waals surface area contributed by atoms with Crippen molar-refractivity contribution in [1.29, 1.82) is 0 Å². The summed E-state index contributed by atoms with van der Waals surface area (Å²) in [6, 6.07) is 21.0. The van der Waals surface area contributed by atoms with Gasteiger partial charge >= 0.3 is 0 Å². The van der Waals surface area contributed by atoms with Crippen LogP contribution in [0.25, 0.3) is 10.8 Å². The molecule has 0 spiro atoms. The molecular weight excluding hydrogens is 390 g/mol. The summed E-state index contributed by atoms with van der Waals surface area (Å²) in [4.78, 5) is 20.9. The zero-order valence-corrected chi connectivity index (χ0v) is 17.3. The molecule has 0 unspecified atom stereocenters. The highest BCUT2D eigenvalue weighted by Gasteiger charge is 2.13. The van der Waals surface area contributed by atoms with E-state index in [0.29, 0.717) is 17.2 Å². The van der Waals surface area contributed by atoms with Gasteiger partial charge in [0, 0.05) is 5.56 Å². The Balaban J connectivity index is 1.48. The smallest absolute Gasteiger partial charge is 0.270 e. The number of nitrogens with two attached hydrogens (primary N) is 1. The van der Waals surface area contributed by atoms with Crippen LogP contribution in [-0.2, 0) is 0 Å². The predicted molar refractivity (Wildman–Crippen MR) is 122 cm³/mol. The first-order valence-electron chi connectivity index (χ1n) is 9.95. The largest absolute Gasteiger partial charge is 0.437 e. The number of nitrogens with zero attached hydrogens (tertiary/aromatic N) is 2. The number of hydrogen-bond donors (Lipinski definition) is 3. The van der Waals surface area contributed by atoms with E-state index in [1.165, 1.54) is 11.9 Å². The lowest BCUT2D eigenvalue weighted by molar-refractivity contribution is 0.0964. The fourth-order valence-corrected chi connectivity index (χ4v) is 3.20. The van der Waals surface area contributed by atoms with E-state index in [1.54, 1.807) is 6.07 Å². The highest BCUT2D eigenvalue weighted by atomic mass is 16.5. The Morgan fingerprint density at radius 3 is 2.48 bits per heavy atom. The number of nitrogen functional groups attached to an aromatic ring is 1. The van der Waals surface area contributed by atoms with E-state index < -0.39 is 0 Å². The van der Waals surface area contributed by atoms with E-state index in [1.807, 2.05) is 60.7 Å². The van der Waals surface area contributed by atoms with Gasteiger partial charge in [-0.1, -0.05) is 62.4 Å². The fourth-order valence-electron chi connectivity index (χ4n) is 3.20. The lowest BCUT2D eigenvalue weighted by Gasteiger charge is -2.13. The number of rotatable bonds is 6. The van der Waals surface area contributed by atoms with Crippen molar-refractivity contribution in [2.24, 2.45) is 0 Å². The van der Waals surface area contributed by atoms with Gasteiger partial charge in [0.15, 0.2) is 5.82 Å². The van der Waals surface area contributed by atoms with Gasteiger partial charge < -0.3 is 10.5 Å². The van der Waals surface area contributed by atoms with Crippen molar-refractivity contribution in [3.63, 3.8) is 0 Å². The Morgan fingerprint density at radius 2 is 1.71 bits per heavy atom. The molecule has 0 aliphatic carbocycles. The minimum atomic E-state index is -0.304. The van der Waals surface area contributed by atoms with Gasteiger partial charge in [-0.2, -0.15) is 4.98 Å². The molecule has 0 aliphatic heterocycles. The van der Waals surface area contributed by atoms with E-state index in [-0.39, 0.29) is 23.3 Å². The first-order chi connectivity index (χ1) is 15.0. The minimum absolute atomic E-state index is 0.189. The molecule has 7 heteroatoms. The molecule has 156 valence electrons. The Labute approximate surface area is 180 Å². The van der Waals surface area contributed by atoms with Gasteiger partial charge in [0.25, 0.3) is 5.91 Å². The number of carbonyl (C=O) groups excluding carboxylic acids is 1. The molecule has 4 rings (SSSR count). The van der Waals surface area contributed by atoms with Gasteiger partial charge in [0.2, 0.25) is 5.88 Å². The average Bonchev–Trinajstić information content (AvgIpc) is 2.79. The third kappa shape index (κ3) is 4.40. The SMILES string of the molecule is CC(C)c1ccc(Oc2ncnc(NNC(=O)c3cccc4ccccc34)c2N)cc1. The maximum atomic E-state index is 12.7. The van der Waals surface area contributed by atoms with Crippen molar-refractivity contribution < 1.29 is 9.53 Å². The number of hydrogen-bond acceptors (Lipinski definition) is 6. The second kappa shape index (κ2) is 8.71. The number of benzene rings is 3. The molecule has 31 heavy (non-hydrogen) atoms. The first kappa shape index (κ1) is 20.2. The zero-order valence-electron chi connectivity index (χ0n) is 17.3. The molecule has 4 aromatic rings. The van der Waals surface area contributed by atoms with Crippen LogP contribution in [0.5, 0.6) is 11.6 Å². The van der Waals surface area contributed by atoms with E-state index in [2.05, 4.69) is 34.7 Å². The van der Waals surface area contributed by atoms with Gasteiger partial charge in [-0.25, -0.2) is 4.98 Å². The molecule has 7 nitrogen and oxygen atoms in total. The molecular formula is C24H23N5O2.